The van der Waals surface area contributed by atoms with E-state index in [2.05, 4.69) is 15.6 Å². The molecule has 0 saturated carbocycles. The Labute approximate surface area is 220 Å². The largest absolute Gasteiger partial charge is 0.493 e. The van der Waals surface area contributed by atoms with E-state index >= 15 is 0 Å². The molecular weight excluding hydrogens is 482 g/mol. The summed E-state index contributed by atoms with van der Waals surface area (Å²) < 4.78 is 17.8. The van der Waals surface area contributed by atoms with Crippen molar-refractivity contribution in [3.05, 3.63) is 90.9 Å². The van der Waals surface area contributed by atoms with E-state index in [0.29, 0.717) is 35.1 Å². The van der Waals surface area contributed by atoms with Crippen LogP contribution in [-0.4, -0.2) is 41.2 Å². The van der Waals surface area contributed by atoms with E-state index in [0.717, 1.165) is 28.3 Å². The summed E-state index contributed by atoms with van der Waals surface area (Å²) in [5.74, 6) is 1.53. The van der Waals surface area contributed by atoms with Crippen molar-refractivity contribution in [3.8, 4) is 22.8 Å². The molecule has 0 unspecified atom stereocenters. The second-order valence-electron chi connectivity index (χ2n) is 8.33. The van der Waals surface area contributed by atoms with Gasteiger partial charge in [-0.15, -0.1) is 0 Å². The van der Waals surface area contributed by atoms with Gasteiger partial charge in [0.15, 0.2) is 23.0 Å². The van der Waals surface area contributed by atoms with Crippen LogP contribution in [0.25, 0.3) is 16.9 Å². The normalized spacial score (nSPS) is 10.7. The first kappa shape index (κ1) is 24.6. The summed E-state index contributed by atoms with van der Waals surface area (Å²) in [6.07, 6.45) is 5.56. The molecule has 5 rings (SSSR count). The molecule has 0 atom stereocenters. The number of imidazole rings is 1. The van der Waals surface area contributed by atoms with Gasteiger partial charge in [0.2, 0.25) is 0 Å². The van der Waals surface area contributed by atoms with Crippen molar-refractivity contribution in [2.45, 2.75) is 6.92 Å². The maximum Gasteiger partial charge on any atom is 0.338 e. The average molecular weight is 510 g/mol. The lowest BCUT2D eigenvalue weighted by molar-refractivity contribution is 0.0526. The molecule has 0 radical (unpaired) electrons. The predicted octanol–water partition coefficient (Wildman–Crippen LogP) is 6.08. The number of rotatable bonds is 9. The zero-order chi connectivity index (χ0) is 26.5. The standard InChI is InChI=1S/C29H27N5O4/c1-4-38-29(35)19-8-10-21(11-9-19)31-22-7-5-6-20(16-22)24-18-34-15-14-30-28(34)27(33-24)32-23-12-13-25(36-2)26(17-23)37-3/h5-18,31H,4H2,1-3H3,(H,32,33). The number of benzene rings is 3. The molecule has 9 heteroatoms. The molecular formula is C29H27N5O4. The maximum absolute atomic E-state index is 11.9. The third kappa shape index (κ3) is 5.22. The number of carbonyl (C=O) groups excluding carboxylic acids is 1. The number of nitrogens with one attached hydrogen (secondary N) is 2. The van der Waals surface area contributed by atoms with Crippen molar-refractivity contribution < 1.29 is 19.0 Å². The molecule has 3 aromatic carbocycles. The van der Waals surface area contributed by atoms with Crippen LogP contribution in [0.4, 0.5) is 22.9 Å². The smallest absolute Gasteiger partial charge is 0.338 e. The van der Waals surface area contributed by atoms with Crippen LogP contribution in [0, 0.1) is 0 Å². The van der Waals surface area contributed by atoms with Gasteiger partial charge in [-0.2, -0.15) is 0 Å². The highest BCUT2D eigenvalue weighted by molar-refractivity contribution is 5.90. The molecule has 2 N–H and O–H groups in total. The second-order valence-corrected chi connectivity index (χ2v) is 8.33. The third-order valence-corrected chi connectivity index (χ3v) is 5.86. The minimum atomic E-state index is -0.334. The van der Waals surface area contributed by atoms with E-state index in [4.69, 9.17) is 19.2 Å². The Balaban J connectivity index is 1.42. The van der Waals surface area contributed by atoms with Gasteiger partial charge in [0.25, 0.3) is 0 Å². The lowest BCUT2D eigenvalue weighted by Gasteiger charge is -2.13. The molecule has 0 aliphatic rings. The minimum absolute atomic E-state index is 0.334. The van der Waals surface area contributed by atoms with E-state index in [1.807, 2.05) is 71.4 Å². The topological polar surface area (TPSA) is 99.0 Å². The zero-order valence-electron chi connectivity index (χ0n) is 21.3. The number of hydrogen-bond donors (Lipinski definition) is 2. The maximum atomic E-state index is 11.9. The van der Waals surface area contributed by atoms with Gasteiger partial charge in [-0.3, -0.25) is 0 Å². The molecule has 0 aliphatic heterocycles. The van der Waals surface area contributed by atoms with Crippen molar-refractivity contribution in [1.82, 2.24) is 14.4 Å². The SMILES string of the molecule is CCOC(=O)c1ccc(Nc2cccc(-c3cn4ccnc4c(Nc4ccc(OC)c(OC)c4)n3)c2)cc1. The molecule has 2 heterocycles. The summed E-state index contributed by atoms with van der Waals surface area (Å²) in [5, 5.41) is 6.75. The van der Waals surface area contributed by atoms with E-state index in [1.165, 1.54) is 0 Å². The number of esters is 1. The minimum Gasteiger partial charge on any atom is -0.493 e. The number of nitrogens with zero attached hydrogens (tertiary/aromatic N) is 3. The van der Waals surface area contributed by atoms with Gasteiger partial charge < -0.3 is 29.2 Å². The van der Waals surface area contributed by atoms with E-state index in [-0.39, 0.29) is 5.97 Å². The fourth-order valence-corrected chi connectivity index (χ4v) is 4.03. The van der Waals surface area contributed by atoms with Gasteiger partial charge in [0.1, 0.15) is 0 Å². The van der Waals surface area contributed by atoms with Crippen molar-refractivity contribution in [2.75, 3.05) is 31.5 Å². The molecule has 0 saturated heterocycles. The average Bonchev–Trinajstić information content (AvgIpc) is 3.43. The van der Waals surface area contributed by atoms with Crippen LogP contribution in [0.1, 0.15) is 17.3 Å². The second kappa shape index (κ2) is 10.9. The van der Waals surface area contributed by atoms with Crippen LogP contribution in [-0.2, 0) is 4.74 Å². The lowest BCUT2D eigenvalue weighted by atomic mass is 10.1. The first-order chi connectivity index (χ1) is 18.6. The Kier molecular flexibility index (Phi) is 7.08. The first-order valence-electron chi connectivity index (χ1n) is 12.1. The van der Waals surface area contributed by atoms with Crippen LogP contribution in [0.2, 0.25) is 0 Å². The lowest BCUT2D eigenvalue weighted by Crippen LogP contribution is -2.04. The van der Waals surface area contributed by atoms with Crippen molar-refractivity contribution in [1.29, 1.82) is 0 Å². The Morgan fingerprint density at radius 1 is 0.895 bits per heavy atom. The molecule has 5 aromatic rings. The summed E-state index contributed by atoms with van der Waals surface area (Å²) in [5.41, 5.74) is 5.41. The van der Waals surface area contributed by atoms with E-state index < -0.39 is 0 Å². The van der Waals surface area contributed by atoms with Gasteiger partial charge in [0.05, 0.1) is 32.1 Å². The zero-order valence-corrected chi connectivity index (χ0v) is 21.3. The molecule has 192 valence electrons. The summed E-state index contributed by atoms with van der Waals surface area (Å²) >= 11 is 0. The molecule has 0 spiro atoms. The van der Waals surface area contributed by atoms with Crippen LogP contribution >= 0.6 is 0 Å². The molecule has 38 heavy (non-hydrogen) atoms. The van der Waals surface area contributed by atoms with Crippen LogP contribution < -0.4 is 20.1 Å². The number of anilines is 4. The fourth-order valence-electron chi connectivity index (χ4n) is 4.03. The summed E-state index contributed by atoms with van der Waals surface area (Å²) in [6, 6.07) is 20.7. The summed E-state index contributed by atoms with van der Waals surface area (Å²) in [6.45, 7) is 2.13. The number of methoxy groups -OCH3 is 2. The molecule has 9 nitrogen and oxygen atoms in total. The number of aromatic nitrogens is 3. The monoisotopic (exact) mass is 509 g/mol. The summed E-state index contributed by atoms with van der Waals surface area (Å²) in [7, 11) is 3.20. The molecule has 0 amide bonds. The van der Waals surface area contributed by atoms with Crippen molar-refractivity contribution in [3.63, 3.8) is 0 Å². The predicted molar refractivity (Wildman–Crippen MR) is 147 cm³/mol. The Hall–Kier alpha value is -5.05. The fraction of sp³-hybridized carbons (Fsp3) is 0.138. The number of ether oxygens (including phenoxy) is 3. The highest BCUT2D eigenvalue weighted by atomic mass is 16.5. The molecule has 0 bridgehead atoms. The van der Waals surface area contributed by atoms with Crippen LogP contribution in [0.5, 0.6) is 11.5 Å². The van der Waals surface area contributed by atoms with Gasteiger partial charge in [-0.05, 0) is 55.5 Å². The Bertz CT molecular complexity index is 1580. The van der Waals surface area contributed by atoms with Crippen molar-refractivity contribution >= 4 is 34.5 Å². The number of hydrogen-bond acceptors (Lipinski definition) is 8. The third-order valence-electron chi connectivity index (χ3n) is 5.86. The first-order valence-corrected chi connectivity index (χ1v) is 12.1. The van der Waals surface area contributed by atoms with E-state index in [9.17, 15) is 4.79 Å². The van der Waals surface area contributed by atoms with Gasteiger partial charge in [-0.1, -0.05) is 12.1 Å². The van der Waals surface area contributed by atoms with Crippen molar-refractivity contribution in [2.24, 2.45) is 0 Å². The Morgan fingerprint density at radius 3 is 2.42 bits per heavy atom. The molecule has 0 aliphatic carbocycles. The molecule has 0 fully saturated rings. The van der Waals surface area contributed by atoms with Crippen LogP contribution in [0.15, 0.2) is 85.3 Å². The number of fused-ring (bicyclic) bond motifs is 1. The highest BCUT2D eigenvalue weighted by Crippen LogP contribution is 2.32. The Morgan fingerprint density at radius 2 is 1.66 bits per heavy atom. The molecule has 2 aromatic heterocycles. The quantitative estimate of drug-likeness (QED) is 0.231. The van der Waals surface area contributed by atoms with E-state index in [1.54, 1.807) is 39.5 Å². The number of carbonyl (C=O) groups is 1. The van der Waals surface area contributed by atoms with Gasteiger partial charge in [-0.25, -0.2) is 14.8 Å². The van der Waals surface area contributed by atoms with Crippen LogP contribution in [0.3, 0.4) is 0 Å². The van der Waals surface area contributed by atoms with Gasteiger partial charge in [0, 0.05) is 47.3 Å². The van der Waals surface area contributed by atoms with Gasteiger partial charge >= 0.3 is 5.97 Å². The summed E-state index contributed by atoms with van der Waals surface area (Å²) in [4.78, 5) is 21.3. The highest BCUT2D eigenvalue weighted by Gasteiger charge is 2.12.